The summed E-state index contributed by atoms with van der Waals surface area (Å²) >= 11 is 3.45. The number of carbonyl (C=O) groups excluding carboxylic acids is 3. The van der Waals surface area contributed by atoms with E-state index in [1.54, 1.807) is 18.2 Å². The summed E-state index contributed by atoms with van der Waals surface area (Å²) in [5.74, 6) is -0.681. The molecule has 1 aliphatic rings. The summed E-state index contributed by atoms with van der Waals surface area (Å²) in [6.07, 6.45) is 10.5. The smallest absolute Gasteiger partial charge is 0.263 e. The van der Waals surface area contributed by atoms with Crippen molar-refractivity contribution in [1.82, 2.24) is 4.90 Å². The highest BCUT2D eigenvalue weighted by atomic mass is 79.9. The van der Waals surface area contributed by atoms with Gasteiger partial charge in [0.2, 0.25) is 5.91 Å². The van der Waals surface area contributed by atoms with Crippen LogP contribution in [0.1, 0.15) is 98.8 Å². The standard InChI is InChI=1S/C23H33BrN2O3/c1-3-17(2)26-22(28)18-13-12-14-19(21(18)23(26)29)25-20(27)15-10-8-6-4-5-7-9-11-16-24/h12-14,17H,3-11,15-16H2,1-2H3,(H,25,27). The monoisotopic (exact) mass is 464 g/mol. The van der Waals surface area contributed by atoms with Gasteiger partial charge in [-0.25, -0.2) is 0 Å². The molecule has 2 rings (SSSR count). The van der Waals surface area contributed by atoms with Gasteiger partial charge in [-0.1, -0.05) is 67.4 Å². The number of rotatable bonds is 13. The second kappa shape index (κ2) is 12.1. The van der Waals surface area contributed by atoms with E-state index < -0.39 is 0 Å². The number of carbonyl (C=O) groups is 3. The Hall–Kier alpha value is -1.69. The van der Waals surface area contributed by atoms with Gasteiger partial charge in [0.1, 0.15) is 0 Å². The normalized spacial score (nSPS) is 14.2. The van der Waals surface area contributed by atoms with Crippen molar-refractivity contribution in [3.63, 3.8) is 0 Å². The number of anilines is 1. The molecule has 0 radical (unpaired) electrons. The molecule has 1 aliphatic heterocycles. The Morgan fingerprint density at radius 1 is 1.00 bits per heavy atom. The molecule has 160 valence electrons. The fourth-order valence-corrected chi connectivity index (χ4v) is 4.04. The molecular formula is C23H33BrN2O3. The second-order valence-electron chi connectivity index (χ2n) is 7.78. The summed E-state index contributed by atoms with van der Waals surface area (Å²) in [6.45, 7) is 3.81. The van der Waals surface area contributed by atoms with E-state index in [9.17, 15) is 14.4 Å². The van der Waals surface area contributed by atoms with E-state index >= 15 is 0 Å². The first-order valence-electron chi connectivity index (χ1n) is 10.9. The third-order valence-corrected chi connectivity index (χ3v) is 6.10. The molecule has 0 fully saturated rings. The third-order valence-electron chi connectivity index (χ3n) is 5.54. The molecule has 6 heteroatoms. The lowest BCUT2D eigenvalue weighted by molar-refractivity contribution is -0.116. The van der Waals surface area contributed by atoms with Gasteiger partial charge in [0.25, 0.3) is 11.8 Å². The van der Waals surface area contributed by atoms with Crippen LogP contribution in [0.15, 0.2) is 18.2 Å². The van der Waals surface area contributed by atoms with Gasteiger partial charge in [-0.15, -0.1) is 0 Å². The number of nitrogens with one attached hydrogen (secondary N) is 1. The molecule has 0 bridgehead atoms. The van der Waals surface area contributed by atoms with Crippen molar-refractivity contribution < 1.29 is 14.4 Å². The van der Waals surface area contributed by atoms with Gasteiger partial charge in [0.05, 0.1) is 16.8 Å². The molecule has 0 saturated carbocycles. The average molecular weight is 465 g/mol. The molecular weight excluding hydrogens is 432 g/mol. The van der Waals surface area contributed by atoms with Gasteiger partial charge >= 0.3 is 0 Å². The van der Waals surface area contributed by atoms with E-state index in [0.29, 0.717) is 29.7 Å². The van der Waals surface area contributed by atoms with Gasteiger partial charge in [0.15, 0.2) is 0 Å². The average Bonchev–Trinajstić information content (AvgIpc) is 2.97. The number of unbranched alkanes of at least 4 members (excludes halogenated alkanes) is 7. The molecule has 1 aromatic rings. The first kappa shape index (κ1) is 23.6. The van der Waals surface area contributed by atoms with Crippen molar-refractivity contribution in [3.8, 4) is 0 Å². The van der Waals surface area contributed by atoms with Gasteiger partial charge in [-0.2, -0.15) is 0 Å². The zero-order valence-corrected chi connectivity index (χ0v) is 19.2. The Morgan fingerprint density at radius 3 is 2.24 bits per heavy atom. The van der Waals surface area contributed by atoms with Gasteiger partial charge in [0, 0.05) is 17.8 Å². The second-order valence-corrected chi connectivity index (χ2v) is 8.57. The lowest BCUT2D eigenvalue weighted by Gasteiger charge is -2.20. The quantitative estimate of drug-likeness (QED) is 0.223. The minimum absolute atomic E-state index is 0.0991. The van der Waals surface area contributed by atoms with Gasteiger partial charge < -0.3 is 5.32 Å². The Bertz CT molecular complexity index is 720. The molecule has 1 unspecified atom stereocenters. The number of benzene rings is 1. The number of halogens is 1. The number of hydrogen-bond donors (Lipinski definition) is 1. The first-order chi connectivity index (χ1) is 14.0. The minimum Gasteiger partial charge on any atom is -0.325 e. The summed E-state index contributed by atoms with van der Waals surface area (Å²) < 4.78 is 0. The summed E-state index contributed by atoms with van der Waals surface area (Å²) in [5.41, 5.74) is 1.16. The van der Waals surface area contributed by atoms with Crippen LogP contribution in [0, 0.1) is 0 Å². The number of amides is 3. The molecule has 1 N–H and O–H groups in total. The van der Waals surface area contributed by atoms with Crippen LogP contribution in [0.3, 0.4) is 0 Å². The molecule has 1 atom stereocenters. The van der Waals surface area contributed by atoms with Crippen molar-refractivity contribution in [3.05, 3.63) is 29.3 Å². The van der Waals surface area contributed by atoms with E-state index in [0.717, 1.165) is 24.6 Å². The minimum atomic E-state index is -0.310. The number of alkyl halides is 1. The van der Waals surface area contributed by atoms with Crippen LogP contribution in [0.2, 0.25) is 0 Å². The number of fused-ring (bicyclic) bond motifs is 1. The molecule has 1 aromatic carbocycles. The van der Waals surface area contributed by atoms with E-state index in [2.05, 4.69) is 21.2 Å². The maximum absolute atomic E-state index is 12.8. The largest absolute Gasteiger partial charge is 0.325 e. The fraction of sp³-hybridized carbons (Fsp3) is 0.609. The van der Waals surface area contributed by atoms with Crippen LogP contribution in [-0.4, -0.2) is 34.0 Å². The summed E-state index contributed by atoms with van der Waals surface area (Å²) in [4.78, 5) is 39.0. The first-order valence-corrected chi connectivity index (χ1v) is 12.0. The predicted molar refractivity (Wildman–Crippen MR) is 121 cm³/mol. The molecule has 5 nitrogen and oxygen atoms in total. The highest BCUT2D eigenvalue weighted by Crippen LogP contribution is 2.31. The Morgan fingerprint density at radius 2 is 1.62 bits per heavy atom. The predicted octanol–water partition coefficient (Wildman–Crippen LogP) is 5.93. The lowest BCUT2D eigenvalue weighted by atomic mass is 10.1. The van der Waals surface area contributed by atoms with Gasteiger partial charge in [-0.05, 0) is 38.3 Å². The number of nitrogens with zero attached hydrogens (tertiary/aromatic N) is 1. The fourth-order valence-electron chi connectivity index (χ4n) is 3.64. The van der Waals surface area contributed by atoms with Gasteiger partial charge in [-0.3, -0.25) is 19.3 Å². The lowest BCUT2D eigenvalue weighted by Crippen LogP contribution is -2.37. The maximum atomic E-state index is 12.8. The van der Waals surface area contributed by atoms with Crippen molar-refractivity contribution >= 4 is 39.3 Å². The van der Waals surface area contributed by atoms with Crippen molar-refractivity contribution in [2.45, 2.75) is 84.1 Å². The number of imide groups is 1. The zero-order chi connectivity index (χ0) is 21.2. The SMILES string of the molecule is CCC(C)N1C(=O)c2cccc(NC(=O)CCCCCCCCCCBr)c2C1=O. The van der Waals surface area contributed by atoms with E-state index in [1.807, 2.05) is 13.8 Å². The van der Waals surface area contributed by atoms with Crippen LogP contribution in [-0.2, 0) is 4.79 Å². The summed E-state index contributed by atoms with van der Waals surface area (Å²) in [7, 11) is 0. The topological polar surface area (TPSA) is 66.5 Å². The highest BCUT2D eigenvalue weighted by Gasteiger charge is 2.39. The molecule has 0 aromatic heterocycles. The Kier molecular flexibility index (Phi) is 9.85. The van der Waals surface area contributed by atoms with E-state index in [-0.39, 0.29) is 23.8 Å². The van der Waals surface area contributed by atoms with Crippen LogP contribution in [0.4, 0.5) is 5.69 Å². The van der Waals surface area contributed by atoms with E-state index in [1.165, 1.54) is 37.0 Å². The van der Waals surface area contributed by atoms with Crippen molar-refractivity contribution in [2.24, 2.45) is 0 Å². The Balaban J connectivity index is 1.81. The van der Waals surface area contributed by atoms with Crippen LogP contribution >= 0.6 is 15.9 Å². The summed E-state index contributed by atoms with van der Waals surface area (Å²) in [6, 6.07) is 4.92. The van der Waals surface area contributed by atoms with E-state index in [4.69, 9.17) is 0 Å². The summed E-state index contributed by atoms with van der Waals surface area (Å²) in [5, 5.41) is 3.94. The van der Waals surface area contributed by atoms with Crippen LogP contribution in [0.25, 0.3) is 0 Å². The highest BCUT2D eigenvalue weighted by molar-refractivity contribution is 9.09. The molecule has 0 aliphatic carbocycles. The molecule has 0 saturated heterocycles. The maximum Gasteiger partial charge on any atom is 0.263 e. The van der Waals surface area contributed by atoms with Crippen molar-refractivity contribution in [1.29, 1.82) is 0 Å². The van der Waals surface area contributed by atoms with Crippen molar-refractivity contribution in [2.75, 3.05) is 10.6 Å². The third kappa shape index (κ3) is 6.39. The molecule has 3 amide bonds. The van der Waals surface area contributed by atoms with Crippen LogP contribution in [0.5, 0.6) is 0 Å². The Labute approximate surface area is 182 Å². The molecule has 0 spiro atoms. The molecule has 1 heterocycles. The molecule has 29 heavy (non-hydrogen) atoms. The van der Waals surface area contributed by atoms with Crippen LogP contribution < -0.4 is 5.32 Å². The zero-order valence-electron chi connectivity index (χ0n) is 17.6. The number of hydrogen-bond acceptors (Lipinski definition) is 3.